The SMILES string of the molecule is CC(C)N(CC(=O)O)c1cc2c(cc1[N+](=O)[O-])OCCO2. The molecule has 0 fully saturated rings. The molecule has 114 valence electrons. The number of hydrogen-bond donors (Lipinski definition) is 1. The van der Waals surface area contributed by atoms with Crippen LogP contribution >= 0.6 is 0 Å². The Kier molecular flexibility index (Phi) is 4.15. The molecule has 0 unspecified atom stereocenters. The van der Waals surface area contributed by atoms with Crippen molar-refractivity contribution in [1.82, 2.24) is 0 Å². The van der Waals surface area contributed by atoms with Gasteiger partial charge in [-0.2, -0.15) is 0 Å². The van der Waals surface area contributed by atoms with Gasteiger partial charge < -0.3 is 19.5 Å². The summed E-state index contributed by atoms with van der Waals surface area (Å²) in [5.41, 5.74) is 0.0100. The van der Waals surface area contributed by atoms with Crippen LogP contribution in [0.15, 0.2) is 12.1 Å². The molecule has 0 bridgehead atoms. The lowest BCUT2D eigenvalue weighted by atomic mass is 10.1. The highest BCUT2D eigenvalue weighted by Crippen LogP contribution is 2.41. The molecule has 8 nitrogen and oxygen atoms in total. The normalized spacial score (nSPS) is 13.1. The molecule has 1 aliphatic rings. The summed E-state index contributed by atoms with van der Waals surface area (Å²) in [5, 5.41) is 20.3. The lowest BCUT2D eigenvalue weighted by Crippen LogP contribution is -2.36. The minimum Gasteiger partial charge on any atom is -0.486 e. The van der Waals surface area contributed by atoms with Crippen LogP contribution in [0, 0.1) is 10.1 Å². The van der Waals surface area contributed by atoms with Crippen LogP contribution in [0.5, 0.6) is 11.5 Å². The van der Waals surface area contributed by atoms with Gasteiger partial charge in [-0.25, -0.2) is 0 Å². The molecule has 1 N–H and O–H groups in total. The van der Waals surface area contributed by atoms with Gasteiger partial charge >= 0.3 is 5.97 Å². The highest BCUT2D eigenvalue weighted by Gasteiger charge is 2.28. The first kappa shape index (κ1) is 14.9. The molecule has 8 heteroatoms. The van der Waals surface area contributed by atoms with Gasteiger partial charge in [-0.15, -0.1) is 0 Å². The van der Waals surface area contributed by atoms with E-state index in [0.717, 1.165) is 0 Å². The van der Waals surface area contributed by atoms with E-state index in [-0.39, 0.29) is 24.0 Å². The predicted molar refractivity (Wildman–Crippen MR) is 74.2 cm³/mol. The first-order valence-electron chi connectivity index (χ1n) is 6.46. The number of nitrogens with zero attached hydrogens (tertiary/aromatic N) is 2. The largest absolute Gasteiger partial charge is 0.486 e. The smallest absolute Gasteiger partial charge is 0.323 e. The Morgan fingerprint density at radius 1 is 1.38 bits per heavy atom. The molecule has 0 aromatic heterocycles. The molecule has 21 heavy (non-hydrogen) atoms. The molecule has 0 aliphatic carbocycles. The molecule has 1 aromatic carbocycles. The second-order valence-corrected chi connectivity index (χ2v) is 4.86. The third-order valence-corrected chi connectivity index (χ3v) is 3.07. The molecule has 0 saturated heterocycles. The third kappa shape index (κ3) is 3.15. The Labute approximate surface area is 121 Å². The first-order valence-corrected chi connectivity index (χ1v) is 6.46. The van der Waals surface area contributed by atoms with Crippen LogP contribution in [-0.2, 0) is 4.79 Å². The monoisotopic (exact) mass is 296 g/mol. The van der Waals surface area contributed by atoms with Gasteiger partial charge in [0.15, 0.2) is 11.5 Å². The van der Waals surface area contributed by atoms with E-state index in [2.05, 4.69) is 0 Å². The van der Waals surface area contributed by atoms with Crippen LogP contribution < -0.4 is 14.4 Å². The minimum atomic E-state index is -1.06. The summed E-state index contributed by atoms with van der Waals surface area (Å²) in [6, 6.07) is 2.53. The minimum absolute atomic E-state index is 0.200. The molecule has 0 radical (unpaired) electrons. The number of fused-ring (bicyclic) bond motifs is 1. The Balaban J connectivity index is 2.53. The molecule has 1 aliphatic heterocycles. The van der Waals surface area contributed by atoms with E-state index < -0.39 is 10.9 Å². The van der Waals surface area contributed by atoms with Crippen molar-refractivity contribution in [3.63, 3.8) is 0 Å². The van der Waals surface area contributed by atoms with Crippen LogP contribution in [0.1, 0.15) is 13.8 Å². The number of ether oxygens (including phenoxy) is 2. The number of rotatable bonds is 5. The third-order valence-electron chi connectivity index (χ3n) is 3.07. The van der Waals surface area contributed by atoms with Crippen molar-refractivity contribution >= 4 is 17.3 Å². The maximum absolute atomic E-state index is 11.3. The van der Waals surface area contributed by atoms with Gasteiger partial charge in [0.1, 0.15) is 25.4 Å². The fourth-order valence-electron chi connectivity index (χ4n) is 2.14. The topological polar surface area (TPSA) is 102 Å². The van der Waals surface area contributed by atoms with E-state index in [1.807, 2.05) is 0 Å². The molecule has 2 rings (SSSR count). The van der Waals surface area contributed by atoms with Gasteiger partial charge in [-0.05, 0) is 13.8 Å². The van der Waals surface area contributed by atoms with Crippen molar-refractivity contribution in [2.45, 2.75) is 19.9 Å². The number of hydrogen-bond acceptors (Lipinski definition) is 6. The summed E-state index contributed by atoms with van der Waals surface area (Å²) >= 11 is 0. The number of carbonyl (C=O) groups is 1. The molecule has 0 spiro atoms. The maximum atomic E-state index is 11.3. The van der Waals surface area contributed by atoms with Gasteiger partial charge in [0.2, 0.25) is 0 Å². The zero-order valence-corrected chi connectivity index (χ0v) is 11.7. The lowest BCUT2D eigenvalue weighted by Gasteiger charge is -2.28. The van der Waals surface area contributed by atoms with Gasteiger partial charge in [-0.3, -0.25) is 14.9 Å². The van der Waals surface area contributed by atoms with Gasteiger partial charge in [-0.1, -0.05) is 0 Å². The number of anilines is 1. The first-order chi connectivity index (χ1) is 9.90. The summed E-state index contributed by atoms with van der Waals surface area (Å²) in [6.07, 6.45) is 0. The standard InChI is InChI=1S/C13H16N2O6/c1-8(2)14(7-13(16)17)9-5-11-12(21-4-3-20-11)6-10(9)15(18)19/h5-6,8H,3-4,7H2,1-2H3,(H,16,17). The van der Waals surface area contributed by atoms with Crippen molar-refractivity contribution in [1.29, 1.82) is 0 Å². The second kappa shape index (κ2) is 5.86. The zero-order valence-electron chi connectivity index (χ0n) is 11.7. The van der Waals surface area contributed by atoms with Crippen molar-refractivity contribution in [3.05, 3.63) is 22.2 Å². The average Bonchev–Trinajstić information content (AvgIpc) is 2.42. The van der Waals surface area contributed by atoms with E-state index in [1.54, 1.807) is 13.8 Å². The predicted octanol–water partition coefficient (Wildman–Crippen LogP) is 1.67. The number of nitro groups is 1. The summed E-state index contributed by atoms with van der Waals surface area (Å²) in [4.78, 5) is 23.1. The molecular weight excluding hydrogens is 280 g/mol. The fraction of sp³-hybridized carbons (Fsp3) is 0.462. The van der Waals surface area contributed by atoms with Crippen molar-refractivity contribution < 1.29 is 24.3 Å². The molecule has 0 saturated carbocycles. The van der Waals surface area contributed by atoms with E-state index in [1.165, 1.54) is 17.0 Å². The Bertz CT molecular complexity index is 572. The Morgan fingerprint density at radius 2 is 1.95 bits per heavy atom. The molecule has 0 amide bonds. The highest BCUT2D eigenvalue weighted by atomic mass is 16.6. The molecule has 1 aromatic rings. The van der Waals surface area contributed by atoms with Gasteiger partial charge in [0.05, 0.1) is 11.0 Å². The van der Waals surface area contributed by atoms with E-state index in [0.29, 0.717) is 24.7 Å². The van der Waals surface area contributed by atoms with Crippen molar-refractivity contribution in [3.8, 4) is 11.5 Å². The summed E-state index contributed by atoms with van der Waals surface area (Å²) < 4.78 is 10.7. The van der Waals surface area contributed by atoms with Gasteiger partial charge in [0.25, 0.3) is 5.69 Å². The number of nitro benzene ring substituents is 1. The van der Waals surface area contributed by atoms with Crippen LogP contribution in [0.4, 0.5) is 11.4 Å². The summed E-state index contributed by atoms with van der Waals surface area (Å²) in [5.74, 6) is -0.374. The van der Waals surface area contributed by atoms with E-state index >= 15 is 0 Å². The van der Waals surface area contributed by atoms with E-state index in [4.69, 9.17) is 14.6 Å². The van der Waals surface area contributed by atoms with E-state index in [9.17, 15) is 14.9 Å². The lowest BCUT2D eigenvalue weighted by molar-refractivity contribution is -0.384. The summed E-state index contributed by atoms with van der Waals surface area (Å²) in [6.45, 7) is 3.88. The van der Waals surface area contributed by atoms with Crippen molar-refractivity contribution in [2.24, 2.45) is 0 Å². The number of aliphatic carboxylic acids is 1. The van der Waals surface area contributed by atoms with Gasteiger partial charge in [0, 0.05) is 12.1 Å². The molecular formula is C13H16N2O6. The maximum Gasteiger partial charge on any atom is 0.323 e. The van der Waals surface area contributed by atoms with Crippen LogP contribution in [0.25, 0.3) is 0 Å². The Hall–Kier alpha value is -2.51. The fourth-order valence-corrected chi connectivity index (χ4v) is 2.14. The number of carboxylic acid groups (broad SMARTS) is 1. The second-order valence-electron chi connectivity index (χ2n) is 4.86. The highest BCUT2D eigenvalue weighted by molar-refractivity contribution is 5.78. The zero-order chi connectivity index (χ0) is 15.6. The van der Waals surface area contributed by atoms with Crippen LogP contribution in [0.2, 0.25) is 0 Å². The molecule has 0 atom stereocenters. The summed E-state index contributed by atoms with van der Waals surface area (Å²) in [7, 11) is 0. The van der Waals surface area contributed by atoms with Crippen LogP contribution in [-0.4, -0.2) is 41.8 Å². The molecule has 1 heterocycles. The average molecular weight is 296 g/mol. The quantitative estimate of drug-likeness (QED) is 0.651. The number of carboxylic acids is 1. The Morgan fingerprint density at radius 3 is 2.43 bits per heavy atom. The van der Waals surface area contributed by atoms with Crippen molar-refractivity contribution in [2.75, 3.05) is 24.7 Å². The number of benzene rings is 1. The van der Waals surface area contributed by atoms with Crippen LogP contribution in [0.3, 0.4) is 0 Å².